The van der Waals surface area contributed by atoms with Crippen LogP contribution in [0.5, 0.6) is 11.6 Å². The number of fused-ring (bicyclic) bond motifs is 1. The second-order valence-corrected chi connectivity index (χ2v) is 9.27. The van der Waals surface area contributed by atoms with E-state index >= 15 is 4.39 Å². The van der Waals surface area contributed by atoms with Gasteiger partial charge in [-0.05, 0) is 50.1 Å². The van der Waals surface area contributed by atoms with Gasteiger partial charge in [0.15, 0.2) is 11.5 Å². The van der Waals surface area contributed by atoms with Crippen molar-refractivity contribution in [3.63, 3.8) is 0 Å². The van der Waals surface area contributed by atoms with Gasteiger partial charge in [0.1, 0.15) is 17.4 Å². The molecule has 0 aliphatic carbocycles. The zero-order chi connectivity index (χ0) is 27.1. The van der Waals surface area contributed by atoms with Crippen LogP contribution >= 0.6 is 0 Å². The number of carboxylic acid groups (broad SMARTS) is 1. The molecule has 1 aliphatic rings. The van der Waals surface area contributed by atoms with Crippen molar-refractivity contribution in [1.29, 1.82) is 0 Å². The summed E-state index contributed by atoms with van der Waals surface area (Å²) in [5.74, 6) is -1.56. The van der Waals surface area contributed by atoms with Crippen molar-refractivity contribution in [1.82, 2.24) is 19.4 Å². The van der Waals surface area contributed by atoms with Crippen LogP contribution in [-0.2, 0) is 0 Å². The van der Waals surface area contributed by atoms with Crippen LogP contribution < -0.4 is 15.3 Å². The molecule has 1 N–H and O–H groups in total. The predicted octanol–water partition coefficient (Wildman–Crippen LogP) is 4.66. The van der Waals surface area contributed by atoms with Gasteiger partial charge in [0, 0.05) is 31.7 Å². The molecule has 1 saturated heterocycles. The van der Waals surface area contributed by atoms with E-state index in [1.54, 1.807) is 4.90 Å². The van der Waals surface area contributed by atoms with Crippen molar-refractivity contribution in [3.05, 3.63) is 81.8 Å². The lowest BCUT2D eigenvalue weighted by Gasteiger charge is -2.39. The zero-order valence-corrected chi connectivity index (χ0v) is 21.0. The molecule has 1 atom stereocenters. The Morgan fingerprint density at radius 2 is 1.76 bits per heavy atom. The topological polar surface area (TPSA) is 101 Å². The van der Waals surface area contributed by atoms with Crippen LogP contribution in [0.1, 0.15) is 18.1 Å². The first kappa shape index (κ1) is 25.1. The number of pyridine rings is 1. The number of anilines is 1. The first-order valence-electron chi connectivity index (χ1n) is 12.0. The highest BCUT2D eigenvalue weighted by molar-refractivity contribution is 5.89. The van der Waals surface area contributed by atoms with E-state index in [1.165, 1.54) is 33.7 Å². The van der Waals surface area contributed by atoms with Gasteiger partial charge in [0.2, 0.25) is 0 Å². The molecule has 11 heteroatoms. The van der Waals surface area contributed by atoms with E-state index in [1.807, 2.05) is 39.0 Å². The number of aryl methyl sites for hydroxylation is 2. The number of carbonyl (C=O) groups is 1. The van der Waals surface area contributed by atoms with E-state index in [0.29, 0.717) is 5.69 Å². The lowest BCUT2D eigenvalue weighted by atomic mass is 10.1. The average molecular weight is 522 g/mol. The third-order valence-electron chi connectivity index (χ3n) is 6.61. The smallest absolute Gasteiger partial charge is 0.407 e. The van der Waals surface area contributed by atoms with Crippen LogP contribution in [0.15, 0.2) is 53.3 Å². The quantitative estimate of drug-likeness (QED) is 0.417. The van der Waals surface area contributed by atoms with Crippen molar-refractivity contribution >= 4 is 22.9 Å². The summed E-state index contributed by atoms with van der Waals surface area (Å²) in [6, 6.07) is 11.6. The minimum absolute atomic E-state index is 0.0458. The Balaban J connectivity index is 1.74. The molecule has 0 bridgehead atoms. The number of benzene rings is 2. The Labute approximate surface area is 216 Å². The van der Waals surface area contributed by atoms with Gasteiger partial charge in [0.05, 0.1) is 11.1 Å². The molecule has 0 spiro atoms. The lowest BCUT2D eigenvalue weighted by Crippen LogP contribution is -2.54. The number of piperazine rings is 1. The number of amides is 1. The highest BCUT2D eigenvalue weighted by atomic mass is 19.1. The predicted molar refractivity (Wildman–Crippen MR) is 137 cm³/mol. The number of hydrogen-bond donors (Lipinski definition) is 1. The summed E-state index contributed by atoms with van der Waals surface area (Å²) in [6.07, 6.45) is -1.04. The first-order valence-corrected chi connectivity index (χ1v) is 12.0. The number of ether oxygens (including phenoxy) is 1. The third-order valence-corrected chi connectivity index (χ3v) is 6.61. The van der Waals surface area contributed by atoms with Gasteiger partial charge < -0.3 is 19.6 Å². The minimum atomic E-state index is -1.04. The molecular formula is C27H25F2N5O4. The molecular weight excluding hydrogens is 496 g/mol. The van der Waals surface area contributed by atoms with Gasteiger partial charge in [-0.25, -0.2) is 22.9 Å². The fourth-order valence-corrected chi connectivity index (χ4v) is 4.83. The van der Waals surface area contributed by atoms with Crippen LogP contribution in [0.4, 0.5) is 19.4 Å². The molecule has 5 rings (SSSR count). The Hall–Kier alpha value is -4.54. The Kier molecular flexibility index (Phi) is 6.43. The first-order chi connectivity index (χ1) is 18.1. The molecule has 1 aliphatic heterocycles. The molecule has 1 amide bonds. The molecule has 2 aromatic heterocycles. The summed E-state index contributed by atoms with van der Waals surface area (Å²) in [5, 5.41) is 9.65. The van der Waals surface area contributed by atoms with Gasteiger partial charge in [-0.3, -0.25) is 0 Å². The summed E-state index contributed by atoms with van der Waals surface area (Å²) in [7, 11) is 0. The van der Waals surface area contributed by atoms with Gasteiger partial charge >= 0.3 is 11.8 Å². The van der Waals surface area contributed by atoms with E-state index in [9.17, 15) is 19.1 Å². The van der Waals surface area contributed by atoms with E-state index in [-0.39, 0.29) is 48.3 Å². The van der Waals surface area contributed by atoms with E-state index in [4.69, 9.17) is 4.74 Å². The standard InChI is InChI=1S/C27H25F2N5O4/c1-15-6-4-7-16(2)22(15)34-24-20(13-21(29)25(30-24)38-19-9-5-8-18(28)12-19)23(31-26(34)35)33-11-10-32(27(36)37)14-17(33)3/h4-9,12-13,17H,10-11,14H2,1-3H3,(H,36,37). The Morgan fingerprint density at radius 3 is 2.42 bits per heavy atom. The maximum atomic E-state index is 15.4. The second kappa shape index (κ2) is 9.73. The van der Waals surface area contributed by atoms with Gasteiger partial charge in [-0.1, -0.05) is 24.3 Å². The SMILES string of the molecule is Cc1cccc(C)c1-n1c(=O)nc(N2CCN(C(=O)O)CC2C)c2cc(F)c(Oc3cccc(F)c3)nc21. The minimum Gasteiger partial charge on any atom is -0.465 e. The fourth-order valence-electron chi connectivity index (χ4n) is 4.83. The highest BCUT2D eigenvalue weighted by Gasteiger charge is 2.30. The molecule has 2 aromatic carbocycles. The Morgan fingerprint density at radius 1 is 1.05 bits per heavy atom. The molecule has 3 heterocycles. The number of halogens is 2. The monoisotopic (exact) mass is 521 g/mol. The third kappa shape index (κ3) is 4.51. The van der Waals surface area contributed by atoms with Crippen LogP contribution in [0.25, 0.3) is 16.7 Å². The zero-order valence-electron chi connectivity index (χ0n) is 21.0. The second-order valence-electron chi connectivity index (χ2n) is 9.27. The van der Waals surface area contributed by atoms with E-state index in [2.05, 4.69) is 9.97 Å². The number of aromatic nitrogens is 3. The molecule has 38 heavy (non-hydrogen) atoms. The average Bonchev–Trinajstić information content (AvgIpc) is 2.86. The largest absolute Gasteiger partial charge is 0.465 e. The molecule has 0 radical (unpaired) electrons. The molecule has 1 unspecified atom stereocenters. The maximum absolute atomic E-state index is 15.4. The number of para-hydroxylation sites is 1. The van der Waals surface area contributed by atoms with Crippen LogP contribution in [0, 0.1) is 25.5 Å². The van der Waals surface area contributed by atoms with Crippen molar-refractivity contribution in [2.75, 3.05) is 24.5 Å². The van der Waals surface area contributed by atoms with Gasteiger partial charge in [-0.15, -0.1) is 0 Å². The summed E-state index contributed by atoms with van der Waals surface area (Å²) < 4.78 is 36.0. The summed E-state index contributed by atoms with van der Waals surface area (Å²) >= 11 is 0. The van der Waals surface area contributed by atoms with Crippen molar-refractivity contribution < 1.29 is 23.4 Å². The number of rotatable bonds is 4. The van der Waals surface area contributed by atoms with Crippen LogP contribution in [-0.4, -0.2) is 56.3 Å². The summed E-state index contributed by atoms with van der Waals surface area (Å²) in [4.78, 5) is 36.9. The van der Waals surface area contributed by atoms with Gasteiger partial charge in [0.25, 0.3) is 5.88 Å². The normalized spacial score (nSPS) is 15.7. The number of hydrogen-bond acceptors (Lipinski definition) is 6. The molecule has 9 nitrogen and oxygen atoms in total. The maximum Gasteiger partial charge on any atom is 0.407 e. The molecule has 0 saturated carbocycles. The van der Waals surface area contributed by atoms with Crippen molar-refractivity contribution in [2.45, 2.75) is 26.8 Å². The highest BCUT2D eigenvalue weighted by Crippen LogP contribution is 2.33. The summed E-state index contributed by atoms with van der Waals surface area (Å²) in [5.41, 5.74) is 1.60. The Bertz CT molecular complexity index is 1600. The van der Waals surface area contributed by atoms with Crippen molar-refractivity contribution in [2.24, 2.45) is 0 Å². The van der Waals surface area contributed by atoms with E-state index < -0.39 is 29.3 Å². The van der Waals surface area contributed by atoms with Gasteiger partial charge in [-0.2, -0.15) is 9.97 Å². The van der Waals surface area contributed by atoms with Crippen LogP contribution in [0.3, 0.4) is 0 Å². The van der Waals surface area contributed by atoms with Crippen LogP contribution in [0.2, 0.25) is 0 Å². The van der Waals surface area contributed by atoms with Crippen molar-refractivity contribution in [3.8, 4) is 17.3 Å². The number of nitrogens with zero attached hydrogens (tertiary/aromatic N) is 5. The summed E-state index contributed by atoms with van der Waals surface area (Å²) in [6.45, 7) is 6.13. The lowest BCUT2D eigenvalue weighted by molar-refractivity contribution is 0.136. The fraction of sp³-hybridized carbons (Fsp3) is 0.259. The molecule has 4 aromatic rings. The van der Waals surface area contributed by atoms with E-state index in [0.717, 1.165) is 17.2 Å². The molecule has 196 valence electrons. The molecule has 1 fully saturated rings.